The molecule has 21 heavy (non-hydrogen) atoms. The fraction of sp³-hybridized carbons (Fsp3) is 0.438. The standard InChI is InChI=1S/C16H22N2O3/c1-19-9-10-20-7-4-8-21-16-15-6-3-2-5-14(15)13(11-17)12-18-16/h2-3,5-6,12H,4,7-11,17H2,1H3. The quantitative estimate of drug-likeness (QED) is 0.717. The zero-order valence-corrected chi connectivity index (χ0v) is 12.4. The fourth-order valence-corrected chi connectivity index (χ4v) is 2.08. The third-order valence-electron chi connectivity index (χ3n) is 3.16. The van der Waals surface area contributed by atoms with Gasteiger partial charge in [0.05, 0.1) is 19.8 Å². The van der Waals surface area contributed by atoms with Gasteiger partial charge in [0.25, 0.3) is 0 Å². The Morgan fingerprint density at radius 2 is 1.86 bits per heavy atom. The van der Waals surface area contributed by atoms with E-state index in [0.717, 1.165) is 22.8 Å². The Hall–Kier alpha value is -1.69. The molecule has 1 aromatic heterocycles. The molecule has 2 N–H and O–H groups in total. The van der Waals surface area contributed by atoms with Crippen molar-refractivity contribution in [3.63, 3.8) is 0 Å². The monoisotopic (exact) mass is 290 g/mol. The van der Waals surface area contributed by atoms with Gasteiger partial charge in [-0.2, -0.15) is 0 Å². The van der Waals surface area contributed by atoms with Gasteiger partial charge >= 0.3 is 0 Å². The van der Waals surface area contributed by atoms with Gasteiger partial charge in [-0.1, -0.05) is 18.2 Å². The number of benzene rings is 1. The first-order valence-corrected chi connectivity index (χ1v) is 7.13. The second kappa shape index (κ2) is 8.56. The number of methoxy groups -OCH3 is 1. The molecule has 0 atom stereocenters. The number of nitrogens with two attached hydrogens (primary N) is 1. The van der Waals surface area contributed by atoms with Crippen LogP contribution in [0.5, 0.6) is 5.88 Å². The zero-order chi connectivity index (χ0) is 14.9. The summed E-state index contributed by atoms with van der Waals surface area (Å²) in [4.78, 5) is 4.36. The smallest absolute Gasteiger partial charge is 0.221 e. The molecule has 1 aromatic carbocycles. The molecule has 0 saturated heterocycles. The molecule has 5 nitrogen and oxygen atoms in total. The molecule has 0 radical (unpaired) electrons. The highest BCUT2D eigenvalue weighted by Crippen LogP contribution is 2.25. The van der Waals surface area contributed by atoms with E-state index in [1.807, 2.05) is 24.3 Å². The first-order valence-electron chi connectivity index (χ1n) is 7.13. The average Bonchev–Trinajstić information content (AvgIpc) is 2.54. The number of rotatable bonds is 9. The van der Waals surface area contributed by atoms with Crippen LogP contribution in [0.1, 0.15) is 12.0 Å². The molecule has 0 unspecified atom stereocenters. The van der Waals surface area contributed by atoms with E-state index in [0.29, 0.717) is 38.9 Å². The van der Waals surface area contributed by atoms with Gasteiger partial charge in [0.1, 0.15) is 0 Å². The molecular formula is C16H22N2O3. The molecule has 0 spiro atoms. The molecule has 0 aliphatic rings. The predicted molar refractivity (Wildman–Crippen MR) is 82.4 cm³/mol. The van der Waals surface area contributed by atoms with E-state index >= 15 is 0 Å². The Morgan fingerprint density at radius 1 is 1.05 bits per heavy atom. The van der Waals surface area contributed by atoms with E-state index < -0.39 is 0 Å². The minimum absolute atomic E-state index is 0.473. The first-order chi connectivity index (χ1) is 10.4. The summed E-state index contributed by atoms with van der Waals surface area (Å²) in [6.45, 7) is 2.94. The van der Waals surface area contributed by atoms with Crippen LogP contribution in [0.3, 0.4) is 0 Å². The SMILES string of the molecule is COCCOCCCOc1ncc(CN)c2ccccc12. The Balaban J connectivity index is 1.90. The van der Waals surface area contributed by atoms with Gasteiger partial charge in [-0.3, -0.25) is 0 Å². The van der Waals surface area contributed by atoms with Crippen molar-refractivity contribution in [2.24, 2.45) is 5.73 Å². The summed E-state index contributed by atoms with van der Waals surface area (Å²) < 4.78 is 16.1. The largest absolute Gasteiger partial charge is 0.477 e. The lowest BCUT2D eigenvalue weighted by Crippen LogP contribution is -2.08. The number of aromatic nitrogens is 1. The van der Waals surface area contributed by atoms with Crippen LogP contribution in [-0.4, -0.2) is 38.5 Å². The van der Waals surface area contributed by atoms with Crippen LogP contribution in [0.15, 0.2) is 30.5 Å². The highest BCUT2D eigenvalue weighted by atomic mass is 16.5. The molecule has 0 bridgehead atoms. The second-order valence-electron chi connectivity index (χ2n) is 4.65. The maximum absolute atomic E-state index is 5.76. The number of ether oxygens (including phenoxy) is 3. The van der Waals surface area contributed by atoms with Crippen molar-refractivity contribution < 1.29 is 14.2 Å². The van der Waals surface area contributed by atoms with Gasteiger partial charge in [-0.25, -0.2) is 4.98 Å². The molecule has 0 aliphatic carbocycles. The molecule has 2 rings (SSSR count). The predicted octanol–water partition coefficient (Wildman–Crippen LogP) is 2.13. The minimum atomic E-state index is 0.473. The van der Waals surface area contributed by atoms with Crippen LogP contribution in [0.4, 0.5) is 0 Å². The van der Waals surface area contributed by atoms with Crippen LogP contribution in [-0.2, 0) is 16.0 Å². The Bertz CT molecular complexity index is 560. The van der Waals surface area contributed by atoms with E-state index in [9.17, 15) is 0 Å². The van der Waals surface area contributed by atoms with Gasteiger partial charge in [0.2, 0.25) is 5.88 Å². The van der Waals surface area contributed by atoms with Crippen molar-refractivity contribution >= 4 is 10.8 Å². The van der Waals surface area contributed by atoms with Gasteiger partial charge in [-0.15, -0.1) is 0 Å². The van der Waals surface area contributed by atoms with Crippen LogP contribution in [0, 0.1) is 0 Å². The summed E-state index contributed by atoms with van der Waals surface area (Å²) in [5.74, 6) is 0.652. The average molecular weight is 290 g/mol. The van der Waals surface area contributed by atoms with Crippen LogP contribution < -0.4 is 10.5 Å². The number of hydrogen-bond acceptors (Lipinski definition) is 5. The highest BCUT2D eigenvalue weighted by Gasteiger charge is 2.07. The van der Waals surface area contributed by atoms with Crippen molar-refractivity contribution in [3.8, 4) is 5.88 Å². The maximum Gasteiger partial charge on any atom is 0.221 e. The van der Waals surface area contributed by atoms with Gasteiger partial charge in [0.15, 0.2) is 0 Å². The first kappa shape index (κ1) is 15.7. The molecule has 1 heterocycles. The van der Waals surface area contributed by atoms with Crippen LogP contribution in [0.2, 0.25) is 0 Å². The number of hydrogen-bond donors (Lipinski definition) is 1. The second-order valence-corrected chi connectivity index (χ2v) is 4.65. The Morgan fingerprint density at radius 3 is 2.62 bits per heavy atom. The van der Waals surface area contributed by atoms with Crippen molar-refractivity contribution in [2.75, 3.05) is 33.5 Å². The molecular weight excluding hydrogens is 268 g/mol. The third-order valence-corrected chi connectivity index (χ3v) is 3.16. The summed E-state index contributed by atoms with van der Waals surface area (Å²) in [5.41, 5.74) is 6.77. The summed E-state index contributed by atoms with van der Waals surface area (Å²) in [6.07, 6.45) is 2.60. The summed E-state index contributed by atoms with van der Waals surface area (Å²) in [7, 11) is 1.66. The van der Waals surface area contributed by atoms with Crippen LogP contribution >= 0.6 is 0 Å². The molecule has 0 amide bonds. The molecule has 0 saturated carbocycles. The number of nitrogens with zero attached hydrogens (tertiary/aromatic N) is 1. The lowest BCUT2D eigenvalue weighted by Gasteiger charge is -2.10. The Labute approximate surface area is 125 Å². The van der Waals surface area contributed by atoms with Crippen molar-refractivity contribution in [1.29, 1.82) is 0 Å². The Kier molecular flexibility index (Phi) is 6.40. The molecule has 2 aromatic rings. The highest BCUT2D eigenvalue weighted by molar-refractivity contribution is 5.89. The third kappa shape index (κ3) is 4.39. The van der Waals surface area contributed by atoms with Crippen molar-refractivity contribution in [2.45, 2.75) is 13.0 Å². The minimum Gasteiger partial charge on any atom is -0.477 e. The summed E-state index contributed by atoms with van der Waals surface area (Å²) >= 11 is 0. The maximum atomic E-state index is 5.76. The van der Waals surface area contributed by atoms with Crippen molar-refractivity contribution in [1.82, 2.24) is 4.98 Å². The van der Waals surface area contributed by atoms with Gasteiger partial charge in [-0.05, 0) is 17.0 Å². The normalized spacial score (nSPS) is 11.0. The van der Waals surface area contributed by atoms with E-state index in [1.165, 1.54) is 0 Å². The van der Waals surface area contributed by atoms with E-state index in [2.05, 4.69) is 4.98 Å². The molecule has 0 fully saturated rings. The van der Waals surface area contributed by atoms with Gasteiger partial charge in [0, 0.05) is 38.3 Å². The van der Waals surface area contributed by atoms with E-state index in [-0.39, 0.29) is 0 Å². The molecule has 5 heteroatoms. The fourth-order valence-electron chi connectivity index (χ4n) is 2.08. The number of fused-ring (bicyclic) bond motifs is 1. The molecule has 114 valence electrons. The number of pyridine rings is 1. The lowest BCUT2D eigenvalue weighted by molar-refractivity contribution is 0.0643. The summed E-state index contributed by atoms with van der Waals surface area (Å²) in [6, 6.07) is 8.02. The van der Waals surface area contributed by atoms with Crippen LogP contribution in [0.25, 0.3) is 10.8 Å². The van der Waals surface area contributed by atoms with E-state index in [4.69, 9.17) is 19.9 Å². The van der Waals surface area contributed by atoms with E-state index in [1.54, 1.807) is 13.3 Å². The molecule has 0 aliphatic heterocycles. The van der Waals surface area contributed by atoms with Crippen molar-refractivity contribution in [3.05, 3.63) is 36.0 Å². The van der Waals surface area contributed by atoms with Gasteiger partial charge < -0.3 is 19.9 Å². The summed E-state index contributed by atoms with van der Waals surface area (Å²) in [5, 5.41) is 2.10. The zero-order valence-electron chi connectivity index (χ0n) is 12.4. The lowest BCUT2D eigenvalue weighted by atomic mass is 10.1. The topological polar surface area (TPSA) is 66.6 Å².